The summed E-state index contributed by atoms with van der Waals surface area (Å²) in [6, 6.07) is 11.8. The highest BCUT2D eigenvalue weighted by molar-refractivity contribution is 5.76. The van der Waals surface area contributed by atoms with Crippen molar-refractivity contribution in [3.8, 4) is 0 Å². The van der Waals surface area contributed by atoms with Gasteiger partial charge in [-0.15, -0.1) is 0 Å². The molecule has 0 saturated heterocycles. The molecule has 0 atom stereocenters. The molecule has 3 nitrogen and oxygen atoms in total. The summed E-state index contributed by atoms with van der Waals surface area (Å²) in [5.41, 5.74) is 0.998. The van der Waals surface area contributed by atoms with E-state index in [-0.39, 0.29) is 0 Å². The van der Waals surface area contributed by atoms with Crippen molar-refractivity contribution in [1.29, 1.82) is 0 Å². The zero-order valence-corrected chi connectivity index (χ0v) is 8.17. The second-order valence-corrected chi connectivity index (χ2v) is 2.97. The smallest absolute Gasteiger partial charge is 0.116 e. The van der Waals surface area contributed by atoms with Crippen LogP contribution >= 0.6 is 0 Å². The molecule has 0 unspecified atom stereocenters. The van der Waals surface area contributed by atoms with Crippen molar-refractivity contribution in [3.05, 3.63) is 61.3 Å². The molecule has 2 aromatic heterocycles. The van der Waals surface area contributed by atoms with Crippen LogP contribution in [0.2, 0.25) is 0 Å². The van der Waals surface area contributed by atoms with E-state index in [1.54, 1.807) is 6.33 Å². The van der Waals surface area contributed by atoms with E-state index in [4.69, 9.17) is 0 Å². The Hall–Kier alpha value is -2.16. The maximum atomic E-state index is 4.07. The molecule has 1 N–H and O–H groups in total. The predicted octanol–water partition coefficient (Wildman–Crippen LogP) is 2.64. The van der Waals surface area contributed by atoms with Gasteiger partial charge < -0.3 is 4.98 Å². The first-order chi connectivity index (χ1) is 7.47. The molecule has 2 heterocycles. The SMILES string of the molecule is c1cc[nH]c1.c1ccc2ncncc2c1. The number of hydrogen-bond donors (Lipinski definition) is 1. The van der Waals surface area contributed by atoms with Crippen LogP contribution in [-0.2, 0) is 0 Å². The maximum absolute atomic E-state index is 4.07. The van der Waals surface area contributed by atoms with Gasteiger partial charge in [-0.2, -0.15) is 0 Å². The molecule has 15 heavy (non-hydrogen) atoms. The average molecular weight is 197 g/mol. The molecule has 0 fully saturated rings. The first kappa shape index (κ1) is 9.40. The lowest BCUT2D eigenvalue weighted by atomic mass is 10.2. The Morgan fingerprint density at radius 3 is 2.40 bits per heavy atom. The fraction of sp³-hybridized carbons (Fsp3) is 0. The zero-order valence-electron chi connectivity index (χ0n) is 8.17. The quantitative estimate of drug-likeness (QED) is 0.602. The molecule has 3 aromatic rings. The second kappa shape index (κ2) is 4.91. The van der Waals surface area contributed by atoms with Gasteiger partial charge in [0.25, 0.3) is 0 Å². The molecule has 0 aliphatic carbocycles. The van der Waals surface area contributed by atoms with E-state index in [0.29, 0.717) is 0 Å². The lowest BCUT2D eigenvalue weighted by molar-refractivity contribution is 1.22. The van der Waals surface area contributed by atoms with E-state index in [9.17, 15) is 0 Å². The maximum Gasteiger partial charge on any atom is 0.116 e. The number of benzene rings is 1. The van der Waals surface area contributed by atoms with Gasteiger partial charge in [-0.25, -0.2) is 9.97 Å². The molecule has 3 rings (SSSR count). The number of aromatic amines is 1. The van der Waals surface area contributed by atoms with Crippen LogP contribution in [0.25, 0.3) is 10.9 Å². The first-order valence-corrected chi connectivity index (χ1v) is 4.69. The van der Waals surface area contributed by atoms with Crippen LogP contribution in [0, 0.1) is 0 Å². The van der Waals surface area contributed by atoms with E-state index < -0.39 is 0 Å². The summed E-state index contributed by atoms with van der Waals surface area (Å²) in [6.45, 7) is 0. The molecule has 74 valence electrons. The summed E-state index contributed by atoms with van der Waals surface area (Å²) in [6.07, 6.45) is 7.12. The number of fused-ring (bicyclic) bond motifs is 1. The lowest BCUT2D eigenvalue weighted by Crippen LogP contribution is -1.77. The van der Waals surface area contributed by atoms with Crippen molar-refractivity contribution in [2.45, 2.75) is 0 Å². The van der Waals surface area contributed by atoms with Crippen molar-refractivity contribution < 1.29 is 0 Å². The van der Waals surface area contributed by atoms with E-state index in [2.05, 4.69) is 15.0 Å². The third-order valence-corrected chi connectivity index (χ3v) is 1.91. The van der Waals surface area contributed by atoms with E-state index >= 15 is 0 Å². The Bertz CT molecular complexity index is 420. The highest BCUT2D eigenvalue weighted by atomic mass is 14.8. The summed E-state index contributed by atoms with van der Waals surface area (Å²) >= 11 is 0. The zero-order chi connectivity index (χ0) is 10.3. The Labute approximate surface area is 87.8 Å². The molecule has 0 aliphatic rings. The van der Waals surface area contributed by atoms with Crippen LogP contribution < -0.4 is 0 Å². The number of nitrogens with one attached hydrogen (secondary N) is 1. The highest BCUT2D eigenvalue weighted by Crippen LogP contribution is 2.06. The molecule has 0 saturated carbocycles. The number of para-hydroxylation sites is 1. The van der Waals surface area contributed by atoms with Crippen LogP contribution in [0.5, 0.6) is 0 Å². The minimum Gasteiger partial charge on any atom is -0.368 e. The van der Waals surface area contributed by atoms with Crippen molar-refractivity contribution in [3.63, 3.8) is 0 Å². The summed E-state index contributed by atoms with van der Waals surface area (Å²) in [7, 11) is 0. The lowest BCUT2D eigenvalue weighted by Gasteiger charge is -1.90. The first-order valence-electron chi connectivity index (χ1n) is 4.69. The highest BCUT2D eigenvalue weighted by Gasteiger charge is 1.87. The number of aromatic nitrogens is 3. The molecule has 0 amide bonds. The van der Waals surface area contributed by atoms with Gasteiger partial charge in [-0.05, 0) is 18.2 Å². The third kappa shape index (κ3) is 2.64. The van der Waals surface area contributed by atoms with E-state index in [1.807, 2.05) is 55.0 Å². The van der Waals surface area contributed by atoms with Gasteiger partial charge >= 0.3 is 0 Å². The summed E-state index contributed by atoms with van der Waals surface area (Å²) in [4.78, 5) is 10.8. The standard InChI is InChI=1S/C8H6N2.C4H5N/c1-2-4-8-7(3-1)5-9-6-10-8;1-2-4-5-3-1/h1-6H;1-5H. The molecule has 0 bridgehead atoms. The number of H-pyrrole nitrogens is 1. The van der Waals surface area contributed by atoms with Crippen molar-refractivity contribution in [2.24, 2.45) is 0 Å². The van der Waals surface area contributed by atoms with Gasteiger partial charge in [-0.1, -0.05) is 18.2 Å². The molecular weight excluding hydrogens is 186 g/mol. The van der Waals surface area contributed by atoms with Crippen LogP contribution in [-0.4, -0.2) is 15.0 Å². The monoisotopic (exact) mass is 197 g/mol. The molecule has 0 spiro atoms. The van der Waals surface area contributed by atoms with E-state index in [1.165, 1.54) is 0 Å². The summed E-state index contributed by atoms with van der Waals surface area (Å²) in [5, 5.41) is 1.09. The van der Waals surface area contributed by atoms with Crippen LogP contribution in [0.3, 0.4) is 0 Å². The molecular formula is C12H11N3. The van der Waals surface area contributed by atoms with Gasteiger partial charge in [0.1, 0.15) is 6.33 Å². The van der Waals surface area contributed by atoms with Crippen molar-refractivity contribution in [2.75, 3.05) is 0 Å². The Morgan fingerprint density at radius 2 is 1.73 bits per heavy atom. The number of hydrogen-bond acceptors (Lipinski definition) is 2. The molecule has 1 aromatic carbocycles. The molecule has 0 aliphatic heterocycles. The van der Waals surface area contributed by atoms with Gasteiger partial charge in [0.2, 0.25) is 0 Å². The fourth-order valence-corrected chi connectivity index (χ4v) is 1.20. The molecule has 3 heteroatoms. The van der Waals surface area contributed by atoms with Gasteiger partial charge in [-0.3, -0.25) is 0 Å². The van der Waals surface area contributed by atoms with Gasteiger partial charge in [0.05, 0.1) is 5.52 Å². The summed E-state index contributed by atoms with van der Waals surface area (Å²) in [5.74, 6) is 0. The van der Waals surface area contributed by atoms with Gasteiger partial charge in [0.15, 0.2) is 0 Å². The normalized spacial score (nSPS) is 9.33. The third-order valence-electron chi connectivity index (χ3n) is 1.91. The van der Waals surface area contributed by atoms with Crippen LogP contribution in [0.1, 0.15) is 0 Å². The molecule has 0 radical (unpaired) electrons. The Balaban J connectivity index is 0.000000144. The van der Waals surface area contributed by atoms with Crippen LogP contribution in [0.15, 0.2) is 61.3 Å². The van der Waals surface area contributed by atoms with Gasteiger partial charge in [0, 0.05) is 24.0 Å². The number of nitrogens with zero attached hydrogens (tertiary/aromatic N) is 2. The fourth-order valence-electron chi connectivity index (χ4n) is 1.20. The van der Waals surface area contributed by atoms with Crippen molar-refractivity contribution in [1.82, 2.24) is 15.0 Å². The number of rotatable bonds is 0. The predicted molar refractivity (Wildman–Crippen MR) is 60.3 cm³/mol. The second-order valence-electron chi connectivity index (χ2n) is 2.97. The van der Waals surface area contributed by atoms with Crippen molar-refractivity contribution >= 4 is 10.9 Å². The Morgan fingerprint density at radius 1 is 0.933 bits per heavy atom. The Kier molecular flexibility index (Phi) is 3.07. The summed E-state index contributed by atoms with van der Waals surface area (Å²) < 4.78 is 0. The topological polar surface area (TPSA) is 41.6 Å². The average Bonchev–Trinajstić information content (AvgIpc) is 2.88. The minimum atomic E-state index is 0.998. The largest absolute Gasteiger partial charge is 0.368 e. The van der Waals surface area contributed by atoms with E-state index in [0.717, 1.165) is 10.9 Å². The van der Waals surface area contributed by atoms with Crippen LogP contribution in [0.4, 0.5) is 0 Å². The minimum absolute atomic E-state index is 0.998.